The van der Waals surface area contributed by atoms with Crippen LogP contribution in [0.25, 0.3) is 0 Å². The number of carbonyl (C=O) groups is 1. The highest BCUT2D eigenvalue weighted by Gasteiger charge is 2.38. The van der Waals surface area contributed by atoms with Gasteiger partial charge in [-0.15, -0.1) is 0 Å². The Bertz CT molecular complexity index is 484. The predicted molar refractivity (Wildman–Crippen MR) is 63.8 cm³/mol. The maximum Gasteiger partial charge on any atom is 0.357 e. The van der Waals surface area contributed by atoms with Crippen molar-refractivity contribution in [2.75, 3.05) is 6.54 Å². The SMILES string of the molecule is O=C1ON=C(c2ccc(Cl)cc2)N2CCCC12. The van der Waals surface area contributed by atoms with Crippen molar-refractivity contribution in [1.82, 2.24) is 4.90 Å². The first-order valence-electron chi connectivity index (χ1n) is 5.57. The van der Waals surface area contributed by atoms with E-state index in [1.165, 1.54) is 0 Å². The Kier molecular flexibility index (Phi) is 2.52. The molecule has 4 nitrogen and oxygen atoms in total. The van der Waals surface area contributed by atoms with Crippen molar-refractivity contribution in [1.29, 1.82) is 0 Å². The molecular formula is C12H11ClN2O2. The van der Waals surface area contributed by atoms with Gasteiger partial charge in [-0.1, -0.05) is 16.8 Å². The summed E-state index contributed by atoms with van der Waals surface area (Å²) in [6.07, 6.45) is 1.83. The minimum absolute atomic E-state index is 0.168. The predicted octanol–water partition coefficient (Wildman–Crippen LogP) is 2.02. The lowest BCUT2D eigenvalue weighted by Gasteiger charge is -2.28. The van der Waals surface area contributed by atoms with Crippen LogP contribution in [-0.2, 0) is 9.63 Å². The lowest BCUT2D eigenvalue weighted by Crippen LogP contribution is -2.45. The fourth-order valence-electron chi connectivity index (χ4n) is 2.28. The minimum Gasteiger partial charge on any atom is -0.340 e. The third-order valence-corrected chi connectivity index (χ3v) is 3.37. The maximum atomic E-state index is 11.5. The normalized spacial score (nSPS) is 23.1. The van der Waals surface area contributed by atoms with Crippen molar-refractivity contribution >= 4 is 23.4 Å². The molecule has 1 atom stereocenters. The molecule has 0 radical (unpaired) electrons. The van der Waals surface area contributed by atoms with Crippen molar-refractivity contribution in [2.45, 2.75) is 18.9 Å². The highest BCUT2D eigenvalue weighted by Crippen LogP contribution is 2.25. The Hall–Kier alpha value is -1.55. The van der Waals surface area contributed by atoms with Gasteiger partial charge in [-0.3, -0.25) is 0 Å². The van der Waals surface area contributed by atoms with Crippen molar-refractivity contribution in [2.24, 2.45) is 5.16 Å². The molecule has 1 saturated heterocycles. The molecule has 0 bridgehead atoms. The molecule has 2 heterocycles. The maximum absolute atomic E-state index is 11.5. The van der Waals surface area contributed by atoms with Gasteiger partial charge in [-0.25, -0.2) is 4.79 Å². The number of carbonyl (C=O) groups excluding carboxylic acids is 1. The van der Waals surface area contributed by atoms with Crippen LogP contribution in [0.15, 0.2) is 29.4 Å². The summed E-state index contributed by atoms with van der Waals surface area (Å²) in [5.74, 6) is 0.476. The third-order valence-electron chi connectivity index (χ3n) is 3.12. The first-order valence-corrected chi connectivity index (χ1v) is 5.95. The van der Waals surface area contributed by atoms with Gasteiger partial charge in [0, 0.05) is 17.1 Å². The summed E-state index contributed by atoms with van der Waals surface area (Å²) >= 11 is 5.85. The van der Waals surface area contributed by atoms with Crippen LogP contribution in [0.4, 0.5) is 0 Å². The highest BCUT2D eigenvalue weighted by molar-refractivity contribution is 6.30. The van der Waals surface area contributed by atoms with Gasteiger partial charge in [-0.2, -0.15) is 0 Å². The molecule has 0 amide bonds. The molecule has 0 aromatic heterocycles. The molecule has 1 aromatic carbocycles. The number of benzene rings is 1. The van der Waals surface area contributed by atoms with Gasteiger partial charge >= 0.3 is 5.97 Å². The van der Waals surface area contributed by atoms with Gasteiger partial charge in [0.25, 0.3) is 0 Å². The van der Waals surface area contributed by atoms with E-state index < -0.39 is 0 Å². The largest absolute Gasteiger partial charge is 0.357 e. The Morgan fingerprint density at radius 1 is 1.35 bits per heavy atom. The second-order valence-electron chi connectivity index (χ2n) is 4.18. The second kappa shape index (κ2) is 4.04. The summed E-state index contributed by atoms with van der Waals surface area (Å²) in [5, 5.41) is 4.58. The van der Waals surface area contributed by atoms with E-state index in [4.69, 9.17) is 16.4 Å². The average molecular weight is 251 g/mol. The summed E-state index contributed by atoms with van der Waals surface area (Å²) in [7, 11) is 0. The Labute approximate surface area is 104 Å². The molecule has 1 fully saturated rings. The smallest absolute Gasteiger partial charge is 0.340 e. The monoisotopic (exact) mass is 250 g/mol. The molecule has 1 aromatic rings. The van der Waals surface area contributed by atoms with Gasteiger partial charge in [0.2, 0.25) is 0 Å². The second-order valence-corrected chi connectivity index (χ2v) is 4.62. The number of amidine groups is 1. The standard InChI is InChI=1S/C12H11ClN2O2/c13-9-5-3-8(4-6-9)11-14-17-12(16)10-2-1-7-15(10)11/h3-6,10H,1-2,7H2. The van der Waals surface area contributed by atoms with Crippen LogP contribution >= 0.6 is 11.6 Å². The van der Waals surface area contributed by atoms with Crippen LogP contribution in [0.5, 0.6) is 0 Å². The van der Waals surface area contributed by atoms with E-state index in [-0.39, 0.29) is 12.0 Å². The van der Waals surface area contributed by atoms with Crippen molar-refractivity contribution in [3.05, 3.63) is 34.9 Å². The quantitative estimate of drug-likeness (QED) is 0.716. The van der Waals surface area contributed by atoms with Crippen LogP contribution in [0, 0.1) is 0 Å². The highest BCUT2D eigenvalue weighted by atomic mass is 35.5. The molecule has 1 unspecified atom stereocenters. The molecule has 0 N–H and O–H groups in total. The van der Waals surface area contributed by atoms with Crippen LogP contribution in [-0.4, -0.2) is 29.3 Å². The van der Waals surface area contributed by atoms with Crippen LogP contribution in [0.3, 0.4) is 0 Å². The van der Waals surface area contributed by atoms with E-state index in [1.54, 1.807) is 12.1 Å². The summed E-state index contributed by atoms with van der Waals surface area (Å²) in [6.45, 7) is 0.848. The van der Waals surface area contributed by atoms with E-state index in [1.807, 2.05) is 17.0 Å². The topological polar surface area (TPSA) is 41.9 Å². The summed E-state index contributed by atoms with van der Waals surface area (Å²) in [5.41, 5.74) is 0.925. The van der Waals surface area contributed by atoms with E-state index in [2.05, 4.69) is 5.16 Å². The van der Waals surface area contributed by atoms with E-state index in [9.17, 15) is 4.79 Å². The number of hydrogen-bond acceptors (Lipinski definition) is 4. The van der Waals surface area contributed by atoms with E-state index in [0.717, 1.165) is 30.8 Å². The molecule has 2 aliphatic rings. The molecule has 5 heteroatoms. The van der Waals surface area contributed by atoms with Gasteiger partial charge in [0.05, 0.1) is 0 Å². The molecule has 0 saturated carbocycles. The zero-order valence-corrected chi connectivity index (χ0v) is 9.85. The molecule has 3 rings (SSSR count). The van der Waals surface area contributed by atoms with Gasteiger partial charge in [0.15, 0.2) is 5.84 Å². The first kappa shape index (κ1) is 10.6. The fraction of sp³-hybridized carbons (Fsp3) is 0.333. The molecule has 2 aliphatic heterocycles. The Morgan fingerprint density at radius 2 is 2.12 bits per heavy atom. The van der Waals surface area contributed by atoms with E-state index in [0.29, 0.717) is 5.02 Å². The van der Waals surface area contributed by atoms with Crippen LogP contribution in [0.1, 0.15) is 18.4 Å². The zero-order chi connectivity index (χ0) is 11.8. The number of fused-ring (bicyclic) bond motifs is 1. The number of oxime groups is 1. The average Bonchev–Trinajstić information content (AvgIpc) is 2.81. The third kappa shape index (κ3) is 1.78. The summed E-state index contributed by atoms with van der Waals surface area (Å²) in [6, 6.07) is 7.21. The number of nitrogens with zero attached hydrogens (tertiary/aromatic N) is 2. The van der Waals surface area contributed by atoms with Gasteiger partial charge < -0.3 is 9.74 Å². The lowest BCUT2D eigenvalue weighted by atomic mass is 10.1. The number of hydrogen-bond donors (Lipinski definition) is 0. The fourth-order valence-corrected chi connectivity index (χ4v) is 2.41. The minimum atomic E-state index is -0.250. The Morgan fingerprint density at radius 3 is 2.88 bits per heavy atom. The molecule has 0 aliphatic carbocycles. The molecule has 17 heavy (non-hydrogen) atoms. The molecular weight excluding hydrogens is 240 g/mol. The van der Waals surface area contributed by atoms with Crippen LogP contribution < -0.4 is 0 Å². The zero-order valence-electron chi connectivity index (χ0n) is 9.10. The van der Waals surface area contributed by atoms with Crippen molar-refractivity contribution < 1.29 is 9.63 Å². The Balaban J connectivity index is 1.97. The molecule has 88 valence electrons. The van der Waals surface area contributed by atoms with E-state index >= 15 is 0 Å². The van der Waals surface area contributed by atoms with Gasteiger partial charge in [0.1, 0.15) is 6.04 Å². The molecule has 0 spiro atoms. The van der Waals surface area contributed by atoms with Crippen molar-refractivity contribution in [3.8, 4) is 0 Å². The lowest BCUT2D eigenvalue weighted by molar-refractivity contribution is -0.149. The summed E-state index contributed by atoms with van der Waals surface area (Å²) < 4.78 is 0. The van der Waals surface area contributed by atoms with Gasteiger partial charge in [-0.05, 0) is 37.1 Å². The number of halogens is 1. The van der Waals surface area contributed by atoms with Crippen LogP contribution in [0.2, 0.25) is 5.02 Å². The summed E-state index contributed by atoms with van der Waals surface area (Å²) in [4.78, 5) is 18.4. The number of rotatable bonds is 1. The first-order chi connectivity index (χ1) is 8.25. The van der Waals surface area contributed by atoms with Crippen molar-refractivity contribution in [3.63, 3.8) is 0 Å².